The van der Waals surface area contributed by atoms with Crippen molar-refractivity contribution >= 4 is 27.5 Å². The summed E-state index contributed by atoms with van der Waals surface area (Å²) in [6.07, 6.45) is 2.35. The van der Waals surface area contributed by atoms with Crippen molar-refractivity contribution < 1.29 is 14.3 Å². The lowest BCUT2D eigenvalue weighted by atomic mass is 10.0. The zero-order chi connectivity index (χ0) is 15.9. The number of aryl methyl sites for hydroxylation is 2. The molecule has 1 fully saturated rings. The van der Waals surface area contributed by atoms with Gasteiger partial charge in [0.25, 0.3) is 0 Å². The molecule has 0 aliphatic carbocycles. The smallest absolute Gasteiger partial charge is 0.237 e. The maximum Gasteiger partial charge on any atom is 0.237 e. The zero-order valence-corrected chi connectivity index (χ0v) is 14.9. The summed E-state index contributed by atoms with van der Waals surface area (Å²) in [5.41, 5.74) is 3.39. The third-order valence-electron chi connectivity index (χ3n) is 3.88. The Balaban J connectivity index is 2.34. The average molecular weight is 370 g/mol. The van der Waals surface area contributed by atoms with Gasteiger partial charge in [-0.2, -0.15) is 0 Å². The van der Waals surface area contributed by atoms with E-state index in [0.29, 0.717) is 25.1 Å². The van der Waals surface area contributed by atoms with Crippen molar-refractivity contribution in [3.8, 4) is 0 Å². The van der Waals surface area contributed by atoms with Gasteiger partial charge < -0.3 is 14.4 Å². The van der Waals surface area contributed by atoms with Crippen molar-refractivity contribution in [3.63, 3.8) is 0 Å². The first-order chi connectivity index (χ1) is 10.7. The van der Waals surface area contributed by atoms with Crippen LogP contribution in [0.2, 0.25) is 0 Å². The number of benzene rings is 1. The number of hydrogen-bond donors (Lipinski definition) is 0. The van der Waals surface area contributed by atoms with Crippen LogP contribution >= 0.6 is 15.9 Å². The van der Waals surface area contributed by atoms with E-state index in [1.165, 1.54) is 11.1 Å². The predicted octanol–water partition coefficient (Wildman–Crippen LogP) is 3.30. The van der Waals surface area contributed by atoms with E-state index in [2.05, 4.69) is 48.0 Å². The molecule has 0 aromatic heterocycles. The minimum absolute atomic E-state index is 0.0355. The molecule has 0 spiro atoms. The number of alkyl halides is 1. The highest BCUT2D eigenvalue weighted by atomic mass is 79.9. The van der Waals surface area contributed by atoms with Crippen LogP contribution in [0.3, 0.4) is 0 Å². The Morgan fingerprint density at radius 3 is 2.32 bits per heavy atom. The minimum Gasteiger partial charge on any atom is -0.351 e. The van der Waals surface area contributed by atoms with Gasteiger partial charge in [0.15, 0.2) is 6.29 Å². The Hall–Kier alpha value is -0.910. The number of anilines is 1. The highest BCUT2D eigenvalue weighted by molar-refractivity contribution is 9.09. The molecule has 2 rings (SSSR count). The van der Waals surface area contributed by atoms with Gasteiger partial charge in [-0.3, -0.25) is 4.79 Å². The van der Waals surface area contributed by atoms with Crippen molar-refractivity contribution in [2.45, 2.75) is 39.4 Å². The molecule has 1 aliphatic heterocycles. The summed E-state index contributed by atoms with van der Waals surface area (Å²) in [6.45, 7) is 6.05. The van der Waals surface area contributed by atoms with Crippen molar-refractivity contribution in [1.82, 2.24) is 0 Å². The summed E-state index contributed by atoms with van der Waals surface area (Å²) in [6, 6.07) is 6.24. The summed E-state index contributed by atoms with van der Waals surface area (Å²) in [4.78, 5) is 14.3. The molecule has 1 aromatic carbocycles. The lowest BCUT2D eigenvalue weighted by molar-refractivity contribution is -0.173. The van der Waals surface area contributed by atoms with E-state index in [9.17, 15) is 4.79 Å². The number of ether oxygens (including phenoxy) is 2. The highest BCUT2D eigenvalue weighted by Crippen LogP contribution is 2.28. The molecule has 0 bridgehead atoms. The molecule has 22 heavy (non-hydrogen) atoms. The zero-order valence-electron chi connectivity index (χ0n) is 13.3. The summed E-state index contributed by atoms with van der Waals surface area (Å²) in [5, 5.41) is 0.293. The van der Waals surface area contributed by atoms with Gasteiger partial charge in [-0.25, -0.2) is 0 Å². The molecule has 1 saturated heterocycles. The van der Waals surface area contributed by atoms with E-state index < -0.39 is 0 Å². The maximum atomic E-state index is 12.5. The van der Waals surface area contributed by atoms with Crippen LogP contribution in [0.25, 0.3) is 0 Å². The number of amides is 1. The molecular weight excluding hydrogens is 346 g/mol. The second-order valence-corrected chi connectivity index (χ2v) is 5.86. The topological polar surface area (TPSA) is 38.8 Å². The minimum atomic E-state index is -0.341. The number of carbonyl (C=O) groups is 1. The van der Waals surface area contributed by atoms with Crippen molar-refractivity contribution in [2.75, 3.05) is 30.0 Å². The first-order valence-electron chi connectivity index (χ1n) is 7.91. The number of hydrogen-bond acceptors (Lipinski definition) is 3. The van der Waals surface area contributed by atoms with E-state index in [4.69, 9.17) is 9.47 Å². The normalized spacial score (nSPS) is 15.8. The van der Waals surface area contributed by atoms with E-state index in [-0.39, 0.29) is 12.2 Å². The van der Waals surface area contributed by atoms with Gasteiger partial charge in [-0.05, 0) is 30.4 Å². The van der Waals surface area contributed by atoms with Gasteiger partial charge in [0.05, 0.1) is 30.8 Å². The lowest BCUT2D eigenvalue weighted by Crippen LogP contribution is -2.43. The number of rotatable bonds is 6. The average Bonchev–Trinajstić information content (AvgIpc) is 2.59. The third kappa shape index (κ3) is 4.09. The first-order valence-corrected chi connectivity index (χ1v) is 9.03. The first kappa shape index (κ1) is 17.4. The second-order valence-electron chi connectivity index (χ2n) is 5.29. The van der Waals surface area contributed by atoms with Gasteiger partial charge in [-0.15, -0.1) is 0 Å². The molecule has 1 heterocycles. The van der Waals surface area contributed by atoms with Crippen LogP contribution in [0, 0.1) is 0 Å². The quantitative estimate of drug-likeness (QED) is 0.722. The number of carbonyl (C=O) groups excluding carboxylic acids is 1. The molecule has 0 N–H and O–H groups in total. The van der Waals surface area contributed by atoms with Gasteiger partial charge >= 0.3 is 0 Å². The monoisotopic (exact) mass is 369 g/mol. The van der Waals surface area contributed by atoms with Gasteiger partial charge in [-0.1, -0.05) is 48.0 Å². The summed E-state index contributed by atoms with van der Waals surface area (Å²) >= 11 is 3.30. The van der Waals surface area contributed by atoms with Gasteiger partial charge in [0, 0.05) is 0 Å². The third-order valence-corrected chi connectivity index (χ3v) is 4.36. The Kier molecular flexibility index (Phi) is 6.86. The standard InChI is InChI=1S/C17H24BrNO3/c1-3-13-7-5-8-14(4-2)17(13)19(15(20)11-18)12-16-21-9-6-10-22-16/h5,7-8,16H,3-4,6,9-12H2,1-2H3. The fourth-order valence-corrected chi connectivity index (χ4v) is 3.05. The number of para-hydroxylation sites is 1. The molecule has 5 heteroatoms. The SMILES string of the molecule is CCc1cccc(CC)c1N(CC1OCCCO1)C(=O)CBr. The lowest BCUT2D eigenvalue weighted by Gasteiger charge is -2.32. The highest BCUT2D eigenvalue weighted by Gasteiger charge is 2.25. The Bertz CT molecular complexity index is 478. The van der Waals surface area contributed by atoms with Crippen LogP contribution in [0.5, 0.6) is 0 Å². The summed E-state index contributed by atoms with van der Waals surface area (Å²) in [5.74, 6) is 0.0355. The molecule has 0 atom stereocenters. The largest absolute Gasteiger partial charge is 0.351 e. The van der Waals surface area contributed by atoms with Crippen LogP contribution in [0.15, 0.2) is 18.2 Å². The van der Waals surface area contributed by atoms with E-state index in [1.807, 2.05) is 4.90 Å². The molecular formula is C17H24BrNO3. The molecule has 122 valence electrons. The van der Waals surface area contributed by atoms with Gasteiger partial charge in [0.2, 0.25) is 5.91 Å². The molecule has 4 nitrogen and oxygen atoms in total. The van der Waals surface area contributed by atoms with Crippen LogP contribution in [-0.2, 0) is 27.1 Å². The maximum absolute atomic E-state index is 12.5. The van der Waals surface area contributed by atoms with Crippen LogP contribution in [-0.4, -0.2) is 37.3 Å². The van der Waals surface area contributed by atoms with Gasteiger partial charge in [0.1, 0.15) is 0 Å². The van der Waals surface area contributed by atoms with E-state index >= 15 is 0 Å². The van der Waals surface area contributed by atoms with E-state index in [1.54, 1.807) is 0 Å². The molecule has 0 unspecified atom stereocenters. The Morgan fingerprint density at radius 2 is 1.82 bits per heavy atom. The summed E-state index contributed by atoms with van der Waals surface area (Å²) in [7, 11) is 0. The Labute approximate surface area is 140 Å². The molecule has 0 radical (unpaired) electrons. The van der Waals surface area contributed by atoms with Crippen LogP contribution in [0.4, 0.5) is 5.69 Å². The number of halogens is 1. The summed E-state index contributed by atoms with van der Waals surface area (Å²) < 4.78 is 11.3. The van der Waals surface area contributed by atoms with Crippen molar-refractivity contribution in [1.29, 1.82) is 0 Å². The fraction of sp³-hybridized carbons (Fsp3) is 0.588. The van der Waals surface area contributed by atoms with Crippen molar-refractivity contribution in [3.05, 3.63) is 29.3 Å². The second kappa shape index (κ2) is 8.65. The predicted molar refractivity (Wildman–Crippen MR) is 91.7 cm³/mol. The molecule has 1 aliphatic rings. The number of nitrogens with zero attached hydrogens (tertiary/aromatic N) is 1. The molecule has 1 aromatic rings. The molecule has 1 amide bonds. The van der Waals surface area contributed by atoms with E-state index in [0.717, 1.165) is 24.9 Å². The Morgan fingerprint density at radius 1 is 1.23 bits per heavy atom. The van der Waals surface area contributed by atoms with Crippen LogP contribution in [0.1, 0.15) is 31.4 Å². The fourth-order valence-electron chi connectivity index (χ4n) is 2.74. The van der Waals surface area contributed by atoms with Crippen molar-refractivity contribution in [2.24, 2.45) is 0 Å². The molecule has 0 saturated carbocycles. The van der Waals surface area contributed by atoms with Crippen LogP contribution < -0.4 is 4.90 Å².